The van der Waals surface area contributed by atoms with E-state index in [1.165, 1.54) is 0 Å². The Balaban J connectivity index is 1.32. The van der Waals surface area contributed by atoms with E-state index in [9.17, 15) is 4.79 Å². The van der Waals surface area contributed by atoms with Gasteiger partial charge >= 0.3 is 6.09 Å². The molecule has 0 bridgehead atoms. The van der Waals surface area contributed by atoms with Crippen molar-refractivity contribution in [1.82, 2.24) is 9.88 Å². The molecule has 0 aliphatic rings. The van der Waals surface area contributed by atoms with E-state index in [4.69, 9.17) is 13.9 Å². The van der Waals surface area contributed by atoms with Gasteiger partial charge in [-0.25, -0.2) is 9.78 Å². The number of amides is 1. The molecule has 0 radical (unpaired) electrons. The number of hydrogen-bond acceptors (Lipinski definition) is 5. The van der Waals surface area contributed by atoms with Crippen molar-refractivity contribution in [2.45, 2.75) is 26.8 Å². The summed E-state index contributed by atoms with van der Waals surface area (Å²) in [6.45, 7) is 4.88. The Morgan fingerprint density at radius 3 is 2.33 bits per heavy atom. The quantitative estimate of drug-likeness (QED) is 0.259. The molecule has 0 N–H and O–H groups in total. The minimum Gasteiger partial charge on any atom is -0.497 e. The van der Waals surface area contributed by atoms with Crippen molar-refractivity contribution in [2.75, 3.05) is 13.7 Å². The second-order valence-corrected chi connectivity index (χ2v) is 8.29. The highest BCUT2D eigenvalue weighted by Crippen LogP contribution is 2.22. The summed E-state index contributed by atoms with van der Waals surface area (Å²) in [5.74, 6) is 2.67. The van der Waals surface area contributed by atoms with E-state index in [0.29, 0.717) is 36.9 Å². The molecule has 0 saturated heterocycles. The van der Waals surface area contributed by atoms with E-state index >= 15 is 0 Å². The molecule has 0 unspecified atom stereocenters. The zero-order valence-corrected chi connectivity index (χ0v) is 20.8. The highest BCUT2D eigenvalue weighted by Gasteiger charge is 2.15. The maximum absolute atomic E-state index is 12.6. The van der Waals surface area contributed by atoms with Crippen LogP contribution in [-0.4, -0.2) is 29.6 Å². The molecule has 4 aromatic rings. The Morgan fingerprint density at radius 1 is 0.972 bits per heavy atom. The van der Waals surface area contributed by atoms with Crippen LogP contribution in [0.25, 0.3) is 17.5 Å². The molecule has 1 aromatic heterocycles. The van der Waals surface area contributed by atoms with Gasteiger partial charge in [-0.2, -0.15) is 0 Å². The predicted octanol–water partition coefficient (Wildman–Crippen LogP) is 6.94. The van der Waals surface area contributed by atoms with E-state index in [2.05, 4.69) is 17.1 Å². The molecule has 4 rings (SSSR count). The molecular weight excluding hydrogens is 452 g/mol. The van der Waals surface area contributed by atoms with E-state index < -0.39 is 0 Å². The molecule has 0 fully saturated rings. The van der Waals surface area contributed by atoms with E-state index in [0.717, 1.165) is 28.1 Å². The number of rotatable bonds is 9. The maximum Gasteiger partial charge on any atom is 0.415 e. The number of hydrogen-bond donors (Lipinski definition) is 0. The van der Waals surface area contributed by atoms with Crippen molar-refractivity contribution in [1.29, 1.82) is 0 Å². The van der Waals surface area contributed by atoms with Crippen LogP contribution < -0.4 is 9.47 Å². The summed E-state index contributed by atoms with van der Waals surface area (Å²) < 4.78 is 16.5. The van der Waals surface area contributed by atoms with Crippen LogP contribution in [-0.2, 0) is 13.0 Å². The van der Waals surface area contributed by atoms with Crippen molar-refractivity contribution in [3.05, 3.63) is 108 Å². The highest BCUT2D eigenvalue weighted by molar-refractivity contribution is 5.70. The number of oxazole rings is 1. The second-order valence-electron chi connectivity index (χ2n) is 8.29. The number of aromatic nitrogens is 1. The standard InChI is InChI=1S/C30H30N2O4/c1-4-32(30(33)36-27-19-17-26(34-3)18-20-27)21-24-15-13-23(14-16-24)9-8-12-28-22(2)35-29(31-28)25-10-6-5-7-11-25/h5-11,13-20H,4,12,21H2,1-3H3/b9-8+. The summed E-state index contributed by atoms with van der Waals surface area (Å²) in [6.07, 6.45) is 4.45. The molecular formula is C30H30N2O4. The van der Waals surface area contributed by atoms with Gasteiger partial charge in [-0.3, -0.25) is 0 Å². The lowest BCUT2D eigenvalue weighted by atomic mass is 10.1. The fourth-order valence-electron chi connectivity index (χ4n) is 3.70. The number of methoxy groups -OCH3 is 1. The second kappa shape index (κ2) is 11.9. The number of nitrogens with zero attached hydrogens (tertiary/aromatic N) is 2. The third kappa shape index (κ3) is 6.42. The van der Waals surface area contributed by atoms with Gasteiger partial charge in [0, 0.05) is 25.1 Å². The van der Waals surface area contributed by atoms with Crippen molar-refractivity contribution >= 4 is 12.2 Å². The number of ether oxygens (including phenoxy) is 2. The summed E-state index contributed by atoms with van der Waals surface area (Å²) in [5.41, 5.74) is 4.00. The lowest BCUT2D eigenvalue weighted by Crippen LogP contribution is -2.32. The number of aryl methyl sites for hydroxylation is 1. The average molecular weight is 483 g/mol. The van der Waals surface area contributed by atoms with Crippen molar-refractivity contribution in [3.63, 3.8) is 0 Å². The number of carbonyl (C=O) groups excluding carboxylic acids is 1. The van der Waals surface area contributed by atoms with Crippen molar-refractivity contribution in [3.8, 4) is 23.0 Å². The first-order chi connectivity index (χ1) is 17.6. The minimum atomic E-state index is -0.385. The first-order valence-electron chi connectivity index (χ1n) is 11.9. The lowest BCUT2D eigenvalue weighted by molar-refractivity contribution is 0.152. The third-order valence-electron chi connectivity index (χ3n) is 5.79. The normalized spacial score (nSPS) is 11.0. The summed E-state index contributed by atoms with van der Waals surface area (Å²) >= 11 is 0. The Morgan fingerprint density at radius 2 is 1.67 bits per heavy atom. The molecule has 36 heavy (non-hydrogen) atoms. The summed E-state index contributed by atoms with van der Waals surface area (Å²) in [6, 6.07) is 25.0. The third-order valence-corrected chi connectivity index (χ3v) is 5.79. The van der Waals surface area contributed by atoms with Crippen molar-refractivity contribution in [2.24, 2.45) is 0 Å². The Kier molecular flexibility index (Phi) is 8.19. The van der Waals surface area contributed by atoms with E-state index in [1.807, 2.05) is 68.4 Å². The zero-order chi connectivity index (χ0) is 25.3. The van der Waals surface area contributed by atoms with Gasteiger partial charge in [0.25, 0.3) is 0 Å². The molecule has 0 saturated carbocycles. The van der Waals surface area contributed by atoms with Crippen LogP contribution in [0.1, 0.15) is 29.5 Å². The van der Waals surface area contributed by atoms with Gasteiger partial charge in [0.2, 0.25) is 5.89 Å². The largest absolute Gasteiger partial charge is 0.497 e. The molecule has 0 aliphatic carbocycles. The molecule has 3 aromatic carbocycles. The Bertz CT molecular complexity index is 1290. The molecule has 6 heteroatoms. The highest BCUT2D eigenvalue weighted by atomic mass is 16.6. The van der Waals surface area contributed by atoms with Gasteiger partial charge in [0.15, 0.2) is 0 Å². The zero-order valence-electron chi connectivity index (χ0n) is 20.8. The van der Waals surface area contributed by atoms with Crippen LogP contribution in [0.3, 0.4) is 0 Å². The first kappa shape index (κ1) is 24.8. The molecule has 0 spiro atoms. The molecule has 0 aliphatic heterocycles. The van der Waals surface area contributed by atoms with Gasteiger partial charge in [-0.05, 0) is 61.4 Å². The SMILES string of the molecule is CCN(Cc1ccc(/C=C/Cc2nc(-c3ccccc3)oc2C)cc1)C(=O)Oc1ccc(OC)cc1. The molecule has 1 heterocycles. The Labute approximate surface area is 211 Å². The fourth-order valence-corrected chi connectivity index (χ4v) is 3.70. The van der Waals surface area contributed by atoms with Crippen LogP contribution in [0.4, 0.5) is 4.79 Å². The molecule has 1 amide bonds. The average Bonchev–Trinajstić information content (AvgIpc) is 3.29. The van der Waals surface area contributed by atoms with Gasteiger partial charge in [-0.1, -0.05) is 54.6 Å². The summed E-state index contributed by atoms with van der Waals surface area (Å²) in [7, 11) is 1.60. The van der Waals surface area contributed by atoms with E-state index in [1.54, 1.807) is 36.3 Å². The van der Waals surface area contributed by atoms with Crippen molar-refractivity contribution < 1.29 is 18.7 Å². The van der Waals surface area contributed by atoms with Crippen LogP contribution >= 0.6 is 0 Å². The number of benzene rings is 3. The number of carbonyl (C=O) groups is 1. The topological polar surface area (TPSA) is 64.8 Å². The lowest BCUT2D eigenvalue weighted by Gasteiger charge is -2.20. The fraction of sp³-hybridized carbons (Fsp3) is 0.200. The molecule has 0 atom stereocenters. The van der Waals surface area contributed by atoms with Gasteiger partial charge in [0.05, 0.1) is 12.8 Å². The van der Waals surface area contributed by atoms with Crippen LogP contribution in [0, 0.1) is 6.92 Å². The first-order valence-corrected chi connectivity index (χ1v) is 11.9. The number of allylic oxidation sites excluding steroid dienone is 1. The minimum absolute atomic E-state index is 0.385. The maximum atomic E-state index is 12.6. The van der Waals surface area contributed by atoms with Gasteiger partial charge in [-0.15, -0.1) is 0 Å². The predicted molar refractivity (Wildman–Crippen MR) is 141 cm³/mol. The Hall–Kier alpha value is -4.32. The van der Waals surface area contributed by atoms with Gasteiger partial charge < -0.3 is 18.8 Å². The van der Waals surface area contributed by atoms with Crippen LogP contribution in [0.2, 0.25) is 0 Å². The summed E-state index contributed by atoms with van der Waals surface area (Å²) in [4.78, 5) is 18.9. The van der Waals surface area contributed by atoms with Crippen LogP contribution in [0.5, 0.6) is 11.5 Å². The van der Waals surface area contributed by atoms with Gasteiger partial charge in [0.1, 0.15) is 17.3 Å². The smallest absolute Gasteiger partial charge is 0.415 e. The van der Waals surface area contributed by atoms with E-state index in [-0.39, 0.29) is 6.09 Å². The molecule has 184 valence electrons. The van der Waals surface area contributed by atoms with Crippen LogP contribution in [0.15, 0.2) is 89.4 Å². The summed E-state index contributed by atoms with van der Waals surface area (Å²) in [5, 5.41) is 0. The molecule has 6 nitrogen and oxygen atoms in total. The monoisotopic (exact) mass is 482 g/mol.